The highest BCUT2D eigenvalue weighted by Crippen LogP contribution is 2.17. The summed E-state index contributed by atoms with van der Waals surface area (Å²) in [5.41, 5.74) is 1.64. The van der Waals surface area contributed by atoms with Crippen LogP contribution in [0.25, 0.3) is 0 Å². The second kappa shape index (κ2) is 8.29. The number of amides is 1. The highest BCUT2D eigenvalue weighted by atomic mass is 19.1. The molecule has 0 unspecified atom stereocenters. The normalized spacial score (nSPS) is 10.5. The van der Waals surface area contributed by atoms with Crippen molar-refractivity contribution in [2.45, 2.75) is 19.4 Å². The zero-order valence-electron chi connectivity index (χ0n) is 14.5. The zero-order chi connectivity index (χ0) is 18.4. The van der Waals surface area contributed by atoms with Gasteiger partial charge in [0.1, 0.15) is 24.0 Å². The summed E-state index contributed by atoms with van der Waals surface area (Å²) in [5.74, 6) is 1.18. The second-order valence-electron chi connectivity index (χ2n) is 5.94. The molecular formula is C20H20FN3O2. The van der Waals surface area contributed by atoms with Gasteiger partial charge in [-0.1, -0.05) is 12.1 Å². The number of halogens is 1. The fourth-order valence-electron chi connectivity index (χ4n) is 2.45. The predicted octanol–water partition coefficient (Wildman–Crippen LogP) is 3.71. The van der Waals surface area contributed by atoms with Crippen molar-refractivity contribution < 1.29 is 13.9 Å². The second-order valence-corrected chi connectivity index (χ2v) is 5.94. The Morgan fingerprint density at radius 2 is 1.88 bits per heavy atom. The van der Waals surface area contributed by atoms with Crippen molar-refractivity contribution >= 4 is 11.6 Å². The van der Waals surface area contributed by atoms with Crippen molar-refractivity contribution in [1.29, 1.82) is 0 Å². The Balaban J connectivity index is 1.46. The van der Waals surface area contributed by atoms with Crippen LogP contribution in [0, 0.1) is 5.82 Å². The fourth-order valence-corrected chi connectivity index (χ4v) is 2.45. The Bertz CT molecular complexity index is 858. The minimum Gasteiger partial charge on any atom is -0.486 e. The summed E-state index contributed by atoms with van der Waals surface area (Å²) in [5, 5.41) is 2.84. The SMILES string of the molecule is Cn1ccnc1COc1ccc(NC(=O)CCc2ccc(F)cc2)cc1. The number of rotatable bonds is 7. The average molecular weight is 353 g/mol. The largest absolute Gasteiger partial charge is 0.486 e. The van der Waals surface area contributed by atoms with Gasteiger partial charge in [-0.2, -0.15) is 0 Å². The third kappa shape index (κ3) is 4.92. The first-order valence-electron chi connectivity index (χ1n) is 8.33. The molecular weight excluding hydrogens is 333 g/mol. The number of imidazole rings is 1. The van der Waals surface area contributed by atoms with Crippen LogP contribution in [0.15, 0.2) is 60.9 Å². The molecule has 0 radical (unpaired) electrons. The number of hydrogen-bond acceptors (Lipinski definition) is 3. The van der Waals surface area contributed by atoms with Gasteiger partial charge in [0, 0.05) is 31.5 Å². The van der Waals surface area contributed by atoms with Crippen LogP contribution in [0.4, 0.5) is 10.1 Å². The minimum absolute atomic E-state index is 0.0870. The summed E-state index contributed by atoms with van der Waals surface area (Å²) >= 11 is 0. The van der Waals surface area contributed by atoms with Gasteiger partial charge in [0.15, 0.2) is 0 Å². The highest BCUT2D eigenvalue weighted by molar-refractivity contribution is 5.90. The first kappa shape index (κ1) is 17.7. The Morgan fingerprint density at radius 1 is 1.15 bits per heavy atom. The summed E-state index contributed by atoms with van der Waals surface area (Å²) in [6, 6.07) is 13.4. The maximum Gasteiger partial charge on any atom is 0.224 e. The molecule has 0 aliphatic heterocycles. The molecule has 6 heteroatoms. The maximum absolute atomic E-state index is 12.9. The number of hydrogen-bond donors (Lipinski definition) is 1. The summed E-state index contributed by atoms with van der Waals surface area (Å²) < 4.78 is 20.4. The van der Waals surface area contributed by atoms with E-state index in [-0.39, 0.29) is 11.7 Å². The zero-order valence-corrected chi connectivity index (χ0v) is 14.5. The summed E-state index contributed by atoms with van der Waals surface area (Å²) in [6.45, 7) is 0.382. The molecule has 0 spiro atoms. The Morgan fingerprint density at radius 3 is 2.54 bits per heavy atom. The Hall–Kier alpha value is -3.15. The molecule has 2 aromatic carbocycles. The number of ether oxygens (including phenoxy) is 1. The third-order valence-corrected chi connectivity index (χ3v) is 3.98. The number of benzene rings is 2. The molecule has 0 saturated carbocycles. The van der Waals surface area contributed by atoms with Gasteiger partial charge in [-0.05, 0) is 48.4 Å². The van der Waals surface area contributed by atoms with E-state index in [1.165, 1.54) is 12.1 Å². The highest BCUT2D eigenvalue weighted by Gasteiger charge is 2.05. The lowest BCUT2D eigenvalue weighted by Crippen LogP contribution is -2.12. The fraction of sp³-hybridized carbons (Fsp3) is 0.200. The van der Waals surface area contributed by atoms with Crippen molar-refractivity contribution in [2.24, 2.45) is 7.05 Å². The van der Waals surface area contributed by atoms with Crippen LogP contribution in [0.2, 0.25) is 0 Å². The van der Waals surface area contributed by atoms with E-state index in [1.807, 2.05) is 17.8 Å². The summed E-state index contributed by atoms with van der Waals surface area (Å²) in [6.07, 6.45) is 4.49. The van der Waals surface area contributed by atoms with E-state index in [9.17, 15) is 9.18 Å². The van der Waals surface area contributed by atoms with Crippen molar-refractivity contribution in [3.05, 3.63) is 78.1 Å². The molecule has 1 N–H and O–H groups in total. The molecule has 3 rings (SSSR count). The van der Waals surface area contributed by atoms with Gasteiger partial charge in [-0.25, -0.2) is 9.37 Å². The maximum atomic E-state index is 12.9. The first-order valence-corrected chi connectivity index (χ1v) is 8.33. The molecule has 134 valence electrons. The predicted molar refractivity (Wildman–Crippen MR) is 97.3 cm³/mol. The number of nitrogens with one attached hydrogen (secondary N) is 1. The smallest absolute Gasteiger partial charge is 0.224 e. The van der Waals surface area contributed by atoms with E-state index in [1.54, 1.807) is 42.6 Å². The standard InChI is InChI=1S/C20H20FN3O2/c1-24-13-12-22-19(24)14-26-18-9-7-17(8-10-18)23-20(25)11-4-15-2-5-16(21)6-3-15/h2-3,5-10,12-13H,4,11,14H2,1H3,(H,23,25). The molecule has 5 nitrogen and oxygen atoms in total. The molecule has 1 aromatic heterocycles. The molecule has 26 heavy (non-hydrogen) atoms. The van der Waals surface area contributed by atoms with E-state index in [4.69, 9.17) is 4.74 Å². The molecule has 1 heterocycles. The van der Waals surface area contributed by atoms with Crippen LogP contribution in [0.5, 0.6) is 5.75 Å². The molecule has 0 aliphatic carbocycles. The summed E-state index contributed by atoms with van der Waals surface area (Å²) in [4.78, 5) is 16.2. The van der Waals surface area contributed by atoms with Gasteiger partial charge in [-0.3, -0.25) is 4.79 Å². The Kier molecular flexibility index (Phi) is 5.63. The number of carbonyl (C=O) groups is 1. The van der Waals surface area contributed by atoms with E-state index < -0.39 is 0 Å². The molecule has 0 bridgehead atoms. The first-order chi connectivity index (χ1) is 12.6. The van der Waals surface area contributed by atoms with Gasteiger partial charge in [-0.15, -0.1) is 0 Å². The van der Waals surface area contributed by atoms with Crippen molar-refractivity contribution in [3.8, 4) is 5.75 Å². The van der Waals surface area contributed by atoms with E-state index in [0.29, 0.717) is 30.9 Å². The topological polar surface area (TPSA) is 56.1 Å². The third-order valence-electron chi connectivity index (χ3n) is 3.98. The molecule has 0 aliphatic rings. The molecule has 0 fully saturated rings. The molecule has 0 saturated heterocycles. The number of aryl methyl sites for hydroxylation is 2. The summed E-state index contributed by atoms with van der Waals surface area (Å²) in [7, 11) is 1.91. The number of nitrogens with zero attached hydrogens (tertiary/aromatic N) is 2. The number of carbonyl (C=O) groups excluding carboxylic acids is 1. The lowest BCUT2D eigenvalue weighted by Gasteiger charge is -2.08. The monoisotopic (exact) mass is 353 g/mol. The lowest BCUT2D eigenvalue weighted by atomic mass is 10.1. The van der Waals surface area contributed by atoms with Crippen LogP contribution < -0.4 is 10.1 Å². The lowest BCUT2D eigenvalue weighted by molar-refractivity contribution is -0.116. The quantitative estimate of drug-likeness (QED) is 0.704. The average Bonchev–Trinajstić information content (AvgIpc) is 3.06. The molecule has 3 aromatic rings. The van der Waals surface area contributed by atoms with Crippen LogP contribution in [0.1, 0.15) is 17.8 Å². The van der Waals surface area contributed by atoms with Gasteiger partial charge >= 0.3 is 0 Å². The Labute approximate surface area is 151 Å². The number of aromatic nitrogens is 2. The van der Waals surface area contributed by atoms with Gasteiger partial charge < -0.3 is 14.6 Å². The van der Waals surface area contributed by atoms with E-state index in [0.717, 1.165) is 11.4 Å². The van der Waals surface area contributed by atoms with Gasteiger partial charge in [0.05, 0.1) is 0 Å². The van der Waals surface area contributed by atoms with E-state index >= 15 is 0 Å². The minimum atomic E-state index is -0.275. The molecule has 1 amide bonds. The van der Waals surface area contributed by atoms with Gasteiger partial charge in [0.2, 0.25) is 5.91 Å². The van der Waals surface area contributed by atoms with Crippen LogP contribution in [0.3, 0.4) is 0 Å². The van der Waals surface area contributed by atoms with E-state index in [2.05, 4.69) is 10.3 Å². The van der Waals surface area contributed by atoms with Crippen molar-refractivity contribution in [3.63, 3.8) is 0 Å². The van der Waals surface area contributed by atoms with Gasteiger partial charge in [0.25, 0.3) is 0 Å². The molecule has 0 atom stereocenters. The van der Waals surface area contributed by atoms with Crippen LogP contribution in [-0.4, -0.2) is 15.5 Å². The number of anilines is 1. The van der Waals surface area contributed by atoms with Crippen molar-refractivity contribution in [1.82, 2.24) is 9.55 Å². The van der Waals surface area contributed by atoms with Crippen LogP contribution in [-0.2, 0) is 24.9 Å². The van der Waals surface area contributed by atoms with Crippen LogP contribution >= 0.6 is 0 Å². The van der Waals surface area contributed by atoms with Crippen molar-refractivity contribution in [2.75, 3.05) is 5.32 Å².